The largest absolute Gasteiger partial charge is 0.471 e. The fourth-order valence-corrected chi connectivity index (χ4v) is 2.55. The van der Waals surface area contributed by atoms with Crippen LogP contribution in [0.25, 0.3) is 0 Å². The standard InChI is InChI=1S/C14H22F3N3O2.ClH/c15-14(16,17)13(22)20-5-3-11(4-6-20)8-19-12(21)9-18-7-10-1-2-10;/h10-11,18H,1-9H2,(H,19,21);1H. The van der Waals surface area contributed by atoms with Crippen LogP contribution in [0.3, 0.4) is 0 Å². The van der Waals surface area contributed by atoms with Crippen LogP contribution < -0.4 is 10.6 Å². The van der Waals surface area contributed by atoms with Gasteiger partial charge in [0.05, 0.1) is 6.54 Å². The molecule has 0 aromatic heterocycles. The fourth-order valence-electron chi connectivity index (χ4n) is 2.55. The van der Waals surface area contributed by atoms with E-state index in [2.05, 4.69) is 10.6 Å². The summed E-state index contributed by atoms with van der Waals surface area (Å²) in [4.78, 5) is 23.5. The number of halogens is 4. The maximum absolute atomic E-state index is 12.3. The number of nitrogens with one attached hydrogen (secondary N) is 2. The van der Waals surface area contributed by atoms with Crippen LogP contribution in [0.2, 0.25) is 0 Å². The third-order valence-electron chi connectivity index (χ3n) is 4.15. The number of hydrogen-bond acceptors (Lipinski definition) is 3. The van der Waals surface area contributed by atoms with Crippen molar-refractivity contribution in [3.05, 3.63) is 0 Å². The summed E-state index contributed by atoms with van der Waals surface area (Å²) in [5, 5.41) is 5.88. The van der Waals surface area contributed by atoms with Crippen LogP contribution in [0.4, 0.5) is 13.2 Å². The number of rotatable bonds is 6. The zero-order valence-corrected chi connectivity index (χ0v) is 13.6. The summed E-state index contributed by atoms with van der Waals surface area (Å²) in [7, 11) is 0. The van der Waals surface area contributed by atoms with Crippen molar-refractivity contribution in [3.8, 4) is 0 Å². The smallest absolute Gasteiger partial charge is 0.355 e. The van der Waals surface area contributed by atoms with Gasteiger partial charge in [-0.15, -0.1) is 12.4 Å². The number of nitrogens with zero attached hydrogens (tertiary/aromatic N) is 1. The van der Waals surface area contributed by atoms with E-state index in [9.17, 15) is 22.8 Å². The molecule has 0 unspecified atom stereocenters. The van der Waals surface area contributed by atoms with Gasteiger partial charge in [-0.25, -0.2) is 0 Å². The highest BCUT2D eigenvalue weighted by molar-refractivity contribution is 5.85. The molecule has 0 spiro atoms. The van der Waals surface area contributed by atoms with Crippen molar-refractivity contribution in [2.24, 2.45) is 11.8 Å². The highest BCUT2D eigenvalue weighted by atomic mass is 35.5. The number of carbonyl (C=O) groups is 2. The summed E-state index contributed by atoms with van der Waals surface area (Å²) in [6, 6.07) is 0. The van der Waals surface area contributed by atoms with Crippen molar-refractivity contribution in [2.75, 3.05) is 32.7 Å². The molecule has 2 amide bonds. The summed E-state index contributed by atoms with van der Waals surface area (Å²) in [5.74, 6) is -1.01. The van der Waals surface area contributed by atoms with Crippen molar-refractivity contribution in [3.63, 3.8) is 0 Å². The van der Waals surface area contributed by atoms with Crippen LogP contribution >= 0.6 is 12.4 Å². The average molecular weight is 358 g/mol. The van der Waals surface area contributed by atoms with Crippen LogP contribution in [-0.4, -0.2) is 55.6 Å². The predicted molar refractivity (Wildman–Crippen MR) is 81.2 cm³/mol. The van der Waals surface area contributed by atoms with E-state index >= 15 is 0 Å². The van der Waals surface area contributed by atoms with E-state index in [1.54, 1.807) is 0 Å². The Balaban J connectivity index is 0.00000264. The second-order valence-corrected chi connectivity index (χ2v) is 6.11. The number of hydrogen-bond donors (Lipinski definition) is 2. The van der Waals surface area contributed by atoms with Gasteiger partial charge in [-0.05, 0) is 44.1 Å². The van der Waals surface area contributed by atoms with Gasteiger partial charge < -0.3 is 15.5 Å². The Labute approximate surface area is 139 Å². The summed E-state index contributed by atoms with van der Waals surface area (Å²) in [6.07, 6.45) is -1.38. The van der Waals surface area contributed by atoms with Gasteiger partial charge >= 0.3 is 12.1 Å². The number of amides is 2. The van der Waals surface area contributed by atoms with Gasteiger partial charge in [0.1, 0.15) is 0 Å². The molecular weight excluding hydrogens is 335 g/mol. The minimum absolute atomic E-state index is 0. The van der Waals surface area contributed by atoms with Crippen LogP contribution in [0, 0.1) is 11.8 Å². The number of alkyl halides is 3. The molecule has 0 radical (unpaired) electrons. The Morgan fingerprint density at radius 3 is 2.09 bits per heavy atom. The Morgan fingerprint density at radius 2 is 1.57 bits per heavy atom. The fraction of sp³-hybridized carbons (Fsp3) is 0.857. The van der Waals surface area contributed by atoms with Gasteiger partial charge in [0.15, 0.2) is 0 Å². The number of likely N-dealkylation sites (tertiary alicyclic amines) is 1. The van der Waals surface area contributed by atoms with Crippen LogP contribution in [0.5, 0.6) is 0 Å². The first-order valence-corrected chi connectivity index (χ1v) is 7.69. The zero-order chi connectivity index (χ0) is 16.2. The molecule has 1 aliphatic carbocycles. The highest BCUT2D eigenvalue weighted by Crippen LogP contribution is 2.27. The lowest BCUT2D eigenvalue weighted by molar-refractivity contribution is -0.186. The van der Waals surface area contributed by atoms with E-state index in [0.717, 1.165) is 11.4 Å². The van der Waals surface area contributed by atoms with E-state index in [-0.39, 0.29) is 43.9 Å². The van der Waals surface area contributed by atoms with Gasteiger partial charge in [0.25, 0.3) is 0 Å². The molecule has 23 heavy (non-hydrogen) atoms. The van der Waals surface area contributed by atoms with Crippen molar-refractivity contribution < 1.29 is 22.8 Å². The maximum atomic E-state index is 12.3. The molecule has 0 aromatic rings. The van der Waals surface area contributed by atoms with E-state index in [1.807, 2.05) is 0 Å². The minimum atomic E-state index is -4.80. The lowest BCUT2D eigenvalue weighted by atomic mass is 9.96. The van der Waals surface area contributed by atoms with Gasteiger partial charge in [-0.3, -0.25) is 9.59 Å². The number of piperidine rings is 1. The first-order chi connectivity index (χ1) is 10.4. The predicted octanol–water partition coefficient (Wildman–Crippen LogP) is 1.32. The normalized spacial score (nSPS) is 19.2. The molecule has 1 saturated carbocycles. The topological polar surface area (TPSA) is 61.4 Å². The minimum Gasteiger partial charge on any atom is -0.355 e. The lowest BCUT2D eigenvalue weighted by Gasteiger charge is -2.32. The first kappa shape index (κ1) is 20.0. The third-order valence-corrected chi connectivity index (χ3v) is 4.15. The molecule has 2 N–H and O–H groups in total. The average Bonchev–Trinajstić information content (AvgIpc) is 3.28. The molecule has 0 bridgehead atoms. The third kappa shape index (κ3) is 6.95. The van der Waals surface area contributed by atoms with Crippen LogP contribution in [-0.2, 0) is 9.59 Å². The Morgan fingerprint density at radius 1 is 1.00 bits per heavy atom. The molecular formula is C14H23ClF3N3O2. The van der Waals surface area contributed by atoms with Crippen LogP contribution in [0.15, 0.2) is 0 Å². The van der Waals surface area contributed by atoms with E-state index in [4.69, 9.17) is 0 Å². The molecule has 1 saturated heterocycles. The Bertz CT molecular complexity index is 409. The van der Waals surface area contributed by atoms with Crippen molar-refractivity contribution in [1.82, 2.24) is 15.5 Å². The van der Waals surface area contributed by atoms with Crippen molar-refractivity contribution >= 4 is 24.2 Å². The molecule has 2 fully saturated rings. The molecule has 0 aromatic carbocycles. The Hall–Kier alpha value is -1.02. The second kappa shape index (κ2) is 8.73. The van der Waals surface area contributed by atoms with Gasteiger partial charge in [-0.1, -0.05) is 0 Å². The highest BCUT2D eigenvalue weighted by Gasteiger charge is 2.43. The van der Waals surface area contributed by atoms with Gasteiger partial charge in [0, 0.05) is 19.6 Å². The molecule has 134 valence electrons. The molecule has 1 heterocycles. The maximum Gasteiger partial charge on any atom is 0.471 e. The lowest BCUT2D eigenvalue weighted by Crippen LogP contribution is -2.47. The summed E-state index contributed by atoms with van der Waals surface area (Å²) in [6.45, 7) is 1.79. The SMILES string of the molecule is Cl.O=C(CNCC1CC1)NCC1CCN(C(=O)C(F)(F)F)CC1. The monoisotopic (exact) mass is 357 g/mol. The van der Waals surface area contributed by atoms with Crippen LogP contribution in [0.1, 0.15) is 25.7 Å². The molecule has 5 nitrogen and oxygen atoms in total. The summed E-state index contributed by atoms with van der Waals surface area (Å²) >= 11 is 0. The van der Waals surface area contributed by atoms with Crippen molar-refractivity contribution in [2.45, 2.75) is 31.9 Å². The molecule has 1 aliphatic heterocycles. The molecule has 2 aliphatic rings. The first-order valence-electron chi connectivity index (χ1n) is 7.69. The zero-order valence-electron chi connectivity index (χ0n) is 12.8. The summed E-state index contributed by atoms with van der Waals surface area (Å²) in [5.41, 5.74) is 0. The summed E-state index contributed by atoms with van der Waals surface area (Å²) < 4.78 is 36.9. The van der Waals surface area contributed by atoms with E-state index in [0.29, 0.717) is 25.3 Å². The van der Waals surface area contributed by atoms with Gasteiger partial charge in [0.2, 0.25) is 5.91 Å². The van der Waals surface area contributed by atoms with Gasteiger partial charge in [-0.2, -0.15) is 13.2 Å². The Kier molecular flexibility index (Phi) is 7.60. The van der Waals surface area contributed by atoms with E-state index < -0.39 is 12.1 Å². The quantitative estimate of drug-likeness (QED) is 0.754. The number of carbonyl (C=O) groups excluding carboxylic acids is 2. The molecule has 0 atom stereocenters. The molecule has 2 rings (SSSR count). The second-order valence-electron chi connectivity index (χ2n) is 6.11. The van der Waals surface area contributed by atoms with E-state index in [1.165, 1.54) is 12.8 Å². The molecule has 9 heteroatoms. The van der Waals surface area contributed by atoms with Crippen molar-refractivity contribution in [1.29, 1.82) is 0 Å².